The predicted molar refractivity (Wildman–Crippen MR) is 106 cm³/mol. The summed E-state index contributed by atoms with van der Waals surface area (Å²) in [5, 5.41) is 5.68. The Balaban J connectivity index is 1.22. The molecule has 1 saturated carbocycles. The van der Waals surface area contributed by atoms with Crippen LogP contribution in [0.5, 0.6) is 0 Å². The van der Waals surface area contributed by atoms with Gasteiger partial charge in [-0.3, -0.25) is 4.79 Å². The summed E-state index contributed by atoms with van der Waals surface area (Å²) >= 11 is 0. The Morgan fingerprint density at radius 1 is 1.00 bits per heavy atom. The van der Waals surface area contributed by atoms with Crippen LogP contribution in [-0.2, 0) is 11.2 Å². The fourth-order valence-corrected chi connectivity index (χ4v) is 4.14. The van der Waals surface area contributed by atoms with Gasteiger partial charge >= 0.3 is 6.03 Å². The molecule has 1 aliphatic carbocycles. The van der Waals surface area contributed by atoms with Gasteiger partial charge in [0.2, 0.25) is 5.91 Å². The van der Waals surface area contributed by atoms with Crippen molar-refractivity contribution in [3.8, 4) is 0 Å². The second-order valence-electron chi connectivity index (χ2n) is 8.05. The first-order valence-electron chi connectivity index (χ1n) is 10.4. The number of amides is 3. The van der Waals surface area contributed by atoms with Gasteiger partial charge in [0.15, 0.2) is 0 Å². The number of urea groups is 1. The molecule has 1 aromatic rings. The van der Waals surface area contributed by atoms with E-state index in [1.165, 1.54) is 37.9 Å². The maximum absolute atomic E-state index is 12.3. The first-order valence-corrected chi connectivity index (χ1v) is 10.4. The molecule has 0 bridgehead atoms. The van der Waals surface area contributed by atoms with Crippen molar-refractivity contribution < 1.29 is 9.59 Å². The van der Waals surface area contributed by atoms with Gasteiger partial charge in [-0.2, -0.15) is 0 Å². The highest BCUT2D eigenvalue weighted by molar-refractivity contribution is 5.94. The summed E-state index contributed by atoms with van der Waals surface area (Å²) in [5.74, 6) is 0.0701. The zero-order valence-electron chi connectivity index (χ0n) is 16.0. The largest absolute Gasteiger partial charge is 0.338 e. The van der Waals surface area contributed by atoms with Crippen molar-refractivity contribution in [1.82, 2.24) is 15.1 Å². The predicted octanol–water partition coefficient (Wildman–Crippen LogP) is 2.60. The molecular weight excluding hydrogens is 340 g/mol. The summed E-state index contributed by atoms with van der Waals surface area (Å²) in [6, 6.07) is 7.78. The van der Waals surface area contributed by atoms with Gasteiger partial charge in [0, 0.05) is 24.8 Å². The lowest BCUT2D eigenvalue weighted by Gasteiger charge is -2.26. The average Bonchev–Trinajstić information content (AvgIpc) is 3.47. The number of carbonyl (C=O) groups is 2. The number of anilines is 1. The molecule has 6 heteroatoms. The lowest BCUT2D eigenvalue weighted by atomic mass is 10.1. The van der Waals surface area contributed by atoms with Crippen LogP contribution in [0.25, 0.3) is 0 Å². The highest BCUT2D eigenvalue weighted by Crippen LogP contribution is 2.30. The van der Waals surface area contributed by atoms with Crippen LogP contribution in [0.1, 0.15) is 44.1 Å². The number of benzene rings is 1. The Hall–Kier alpha value is -2.08. The van der Waals surface area contributed by atoms with Gasteiger partial charge in [-0.05, 0) is 69.3 Å². The third-order valence-electron chi connectivity index (χ3n) is 5.91. The third kappa shape index (κ3) is 4.80. The molecule has 146 valence electrons. The standard InChI is InChI=1S/C21H30N4O2/c26-20-19(11-15-25(20)18-8-9-18)23-21(27)22-17-6-4-16(5-7-17)10-14-24-12-2-1-3-13-24/h4-7,18-19H,1-3,8-15H2,(H2,22,23,27)/t19-/m1/s1. The van der Waals surface area contributed by atoms with Crippen LogP contribution in [0, 0.1) is 0 Å². The Bertz CT molecular complexity index is 665. The monoisotopic (exact) mass is 370 g/mol. The van der Waals surface area contributed by atoms with Gasteiger partial charge in [0.25, 0.3) is 0 Å². The second kappa shape index (κ2) is 8.30. The van der Waals surface area contributed by atoms with Gasteiger partial charge in [-0.25, -0.2) is 4.79 Å². The van der Waals surface area contributed by atoms with E-state index in [0.717, 1.165) is 38.0 Å². The summed E-state index contributed by atoms with van der Waals surface area (Å²) in [5.41, 5.74) is 2.05. The van der Waals surface area contributed by atoms with Crippen LogP contribution < -0.4 is 10.6 Å². The number of hydrogen-bond donors (Lipinski definition) is 2. The quantitative estimate of drug-likeness (QED) is 0.809. The number of rotatable bonds is 6. The van der Waals surface area contributed by atoms with E-state index in [2.05, 4.69) is 27.7 Å². The molecule has 2 heterocycles. The van der Waals surface area contributed by atoms with Gasteiger partial charge in [-0.1, -0.05) is 18.6 Å². The minimum absolute atomic E-state index is 0.0701. The van der Waals surface area contributed by atoms with Crippen LogP contribution in [0.15, 0.2) is 24.3 Å². The summed E-state index contributed by atoms with van der Waals surface area (Å²) < 4.78 is 0. The zero-order valence-corrected chi connectivity index (χ0v) is 16.0. The van der Waals surface area contributed by atoms with Crippen molar-refractivity contribution in [3.05, 3.63) is 29.8 Å². The van der Waals surface area contributed by atoms with E-state index in [0.29, 0.717) is 12.5 Å². The molecule has 0 radical (unpaired) electrons. The van der Waals surface area contributed by atoms with Gasteiger partial charge < -0.3 is 20.4 Å². The molecule has 2 saturated heterocycles. The van der Waals surface area contributed by atoms with Crippen molar-refractivity contribution in [2.75, 3.05) is 31.5 Å². The van der Waals surface area contributed by atoms with Crippen molar-refractivity contribution in [2.45, 2.75) is 57.0 Å². The number of nitrogens with zero attached hydrogens (tertiary/aromatic N) is 2. The maximum atomic E-state index is 12.3. The average molecular weight is 370 g/mol. The normalized spacial score (nSPS) is 23.5. The van der Waals surface area contributed by atoms with E-state index in [-0.39, 0.29) is 18.0 Å². The van der Waals surface area contributed by atoms with Gasteiger partial charge in [-0.15, -0.1) is 0 Å². The van der Waals surface area contributed by atoms with Crippen LogP contribution in [0.4, 0.5) is 10.5 Å². The van der Waals surface area contributed by atoms with Gasteiger partial charge in [0.1, 0.15) is 6.04 Å². The summed E-state index contributed by atoms with van der Waals surface area (Å²) in [4.78, 5) is 29.0. The fourth-order valence-electron chi connectivity index (χ4n) is 4.14. The van der Waals surface area contributed by atoms with Crippen LogP contribution in [0.3, 0.4) is 0 Å². The first kappa shape index (κ1) is 18.3. The molecule has 0 spiro atoms. The first-order chi connectivity index (χ1) is 13.2. The molecule has 1 aromatic carbocycles. The molecule has 0 aromatic heterocycles. The maximum Gasteiger partial charge on any atom is 0.319 e. The number of carbonyl (C=O) groups excluding carboxylic acids is 2. The Morgan fingerprint density at radius 3 is 2.44 bits per heavy atom. The lowest BCUT2D eigenvalue weighted by Crippen LogP contribution is -2.43. The molecule has 1 atom stereocenters. The molecule has 2 aliphatic heterocycles. The molecule has 3 fully saturated rings. The number of hydrogen-bond acceptors (Lipinski definition) is 3. The Kier molecular flexibility index (Phi) is 5.62. The van der Waals surface area contributed by atoms with Crippen molar-refractivity contribution in [3.63, 3.8) is 0 Å². The minimum atomic E-state index is -0.380. The molecule has 0 unspecified atom stereocenters. The van der Waals surface area contributed by atoms with Crippen molar-refractivity contribution in [2.24, 2.45) is 0 Å². The second-order valence-corrected chi connectivity index (χ2v) is 8.05. The summed E-state index contributed by atoms with van der Waals surface area (Å²) in [6.07, 6.45) is 7.96. The Morgan fingerprint density at radius 2 is 1.74 bits per heavy atom. The smallest absolute Gasteiger partial charge is 0.319 e. The molecule has 4 rings (SSSR count). The van der Waals surface area contributed by atoms with E-state index in [4.69, 9.17) is 0 Å². The number of likely N-dealkylation sites (tertiary alicyclic amines) is 2. The van der Waals surface area contributed by atoms with Crippen LogP contribution >= 0.6 is 0 Å². The highest BCUT2D eigenvalue weighted by Gasteiger charge is 2.40. The van der Waals surface area contributed by atoms with E-state index in [9.17, 15) is 9.59 Å². The number of piperidine rings is 1. The van der Waals surface area contributed by atoms with Gasteiger partial charge in [0.05, 0.1) is 0 Å². The SMILES string of the molecule is O=C(Nc1ccc(CCN2CCCCC2)cc1)N[C@@H]1CCN(C2CC2)C1=O. The summed E-state index contributed by atoms with van der Waals surface area (Å²) in [6.45, 7) is 4.31. The van der Waals surface area contributed by atoms with E-state index < -0.39 is 0 Å². The third-order valence-corrected chi connectivity index (χ3v) is 5.91. The topological polar surface area (TPSA) is 64.7 Å². The number of nitrogens with one attached hydrogen (secondary N) is 2. The molecule has 3 amide bonds. The van der Waals surface area contributed by atoms with E-state index in [1.807, 2.05) is 17.0 Å². The van der Waals surface area contributed by atoms with Crippen molar-refractivity contribution in [1.29, 1.82) is 0 Å². The fraction of sp³-hybridized carbons (Fsp3) is 0.619. The van der Waals surface area contributed by atoms with Crippen LogP contribution in [-0.4, -0.2) is 60.0 Å². The molecule has 6 nitrogen and oxygen atoms in total. The Labute approximate surface area is 161 Å². The summed E-state index contributed by atoms with van der Waals surface area (Å²) in [7, 11) is 0. The van der Waals surface area contributed by atoms with E-state index >= 15 is 0 Å². The lowest BCUT2D eigenvalue weighted by molar-refractivity contribution is -0.129. The molecule has 3 aliphatic rings. The highest BCUT2D eigenvalue weighted by atomic mass is 16.2. The minimum Gasteiger partial charge on any atom is -0.338 e. The molecule has 2 N–H and O–H groups in total. The zero-order chi connectivity index (χ0) is 18.6. The van der Waals surface area contributed by atoms with Crippen LogP contribution in [0.2, 0.25) is 0 Å². The van der Waals surface area contributed by atoms with E-state index in [1.54, 1.807) is 0 Å². The molecular formula is C21H30N4O2. The molecule has 27 heavy (non-hydrogen) atoms. The van der Waals surface area contributed by atoms with Crippen molar-refractivity contribution >= 4 is 17.6 Å².